The molecule has 0 fully saturated rings. The molecule has 0 aromatic carbocycles. The van der Waals surface area contributed by atoms with Crippen LogP contribution in [-0.2, 0) is 14.3 Å². The van der Waals surface area contributed by atoms with E-state index in [-0.39, 0.29) is 5.75 Å². The van der Waals surface area contributed by atoms with Crippen molar-refractivity contribution in [3.05, 3.63) is 0 Å². The lowest BCUT2D eigenvalue weighted by Crippen LogP contribution is -2.19. The van der Waals surface area contributed by atoms with Gasteiger partial charge in [0, 0.05) is 0 Å². The van der Waals surface area contributed by atoms with Crippen LogP contribution in [0.15, 0.2) is 0 Å². The third kappa shape index (κ3) is 12.5. The van der Waals surface area contributed by atoms with Gasteiger partial charge in [-0.05, 0) is 6.42 Å². The number of carbonyl (C=O) groups is 2. The molecule has 0 aromatic rings. The van der Waals surface area contributed by atoms with Gasteiger partial charge in [-0.15, -0.1) is 0 Å². The van der Waals surface area contributed by atoms with Crippen molar-refractivity contribution in [2.75, 3.05) is 12.4 Å². The molecule has 0 N–H and O–H groups in total. The van der Waals surface area contributed by atoms with E-state index in [2.05, 4.69) is 19.6 Å². The van der Waals surface area contributed by atoms with Crippen LogP contribution in [0.4, 0.5) is 0 Å². The molecular weight excluding hydrogens is 272 g/mol. The minimum absolute atomic E-state index is 0.0723. The summed E-state index contributed by atoms with van der Waals surface area (Å²) in [5, 5.41) is 0. The van der Waals surface area contributed by atoms with Crippen LogP contribution in [0.25, 0.3) is 0 Å². The van der Waals surface area contributed by atoms with Crippen molar-refractivity contribution in [3.8, 4) is 0 Å². The Morgan fingerprint density at radius 3 is 1.70 bits per heavy atom. The summed E-state index contributed by atoms with van der Waals surface area (Å²) in [5.41, 5.74) is 0. The molecule has 0 aliphatic heterocycles. The number of rotatable bonds is 14. The Morgan fingerprint density at radius 1 is 0.800 bits per heavy atom. The molecule has 0 aliphatic carbocycles. The summed E-state index contributed by atoms with van der Waals surface area (Å²) < 4.78 is 4.84. The molecule has 0 spiro atoms. The molecule has 0 saturated heterocycles. The summed E-state index contributed by atoms with van der Waals surface area (Å²) in [7, 11) is 0. The quantitative estimate of drug-likeness (QED) is 0.225. The van der Waals surface area contributed by atoms with E-state index in [1.165, 1.54) is 57.8 Å². The zero-order chi connectivity index (χ0) is 15.1. The van der Waals surface area contributed by atoms with Gasteiger partial charge in [-0.25, -0.2) is 4.79 Å². The van der Waals surface area contributed by atoms with E-state index in [1.807, 2.05) is 0 Å². The Labute approximate surface area is 129 Å². The molecule has 0 saturated carbocycles. The molecule has 0 atom stereocenters. The van der Waals surface area contributed by atoms with Gasteiger partial charge in [-0.2, -0.15) is 12.6 Å². The smallest absolute Gasteiger partial charge is 0.375 e. The number of hydrogen-bond acceptors (Lipinski definition) is 4. The van der Waals surface area contributed by atoms with Crippen molar-refractivity contribution in [2.24, 2.45) is 0 Å². The maximum atomic E-state index is 11.0. The molecule has 0 amide bonds. The Kier molecular flexibility index (Phi) is 14.5. The van der Waals surface area contributed by atoms with Crippen molar-refractivity contribution in [2.45, 2.75) is 77.6 Å². The first-order valence-corrected chi connectivity index (χ1v) is 8.66. The number of thiol groups is 1. The second-order valence-corrected chi connectivity index (χ2v) is 5.57. The minimum atomic E-state index is -0.743. The lowest BCUT2D eigenvalue weighted by molar-refractivity contribution is -0.152. The Bertz CT molecular complexity index is 254. The molecule has 4 heteroatoms. The molecule has 0 aliphatic rings. The topological polar surface area (TPSA) is 43.4 Å². The van der Waals surface area contributed by atoms with Crippen LogP contribution in [-0.4, -0.2) is 24.1 Å². The molecular formula is C16H30O3S. The highest BCUT2D eigenvalue weighted by molar-refractivity contribution is 7.81. The molecule has 0 radical (unpaired) electrons. The van der Waals surface area contributed by atoms with E-state index in [9.17, 15) is 9.59 Å². The van der Waals surface area contributed by atoms with E-state index in [0.29, 0.717) is 6.61 Å². The number of unbranched alkanes of at least 4 members (excludes halogenated alkanes) is 10. The molecule has 0 unspecified atom stereocenters. The number of Topliss-reactive ketones (excluding diaryl/α,β-unsaturated/α-hetero) is 1. The predicted molar refractivity (Wildman–Crippen MR) is 86.3 cm³/mol. The summed E-state index contributed by atoms with van der Waals surface area (Å²) in [6.45, 7) is 2.60. The van der Waals surface area contributed by atoms with Gasteiger partial charge in [0.1, 0.15) is 0 Å². The predicted octanol–water partition coefficient (Wildman–Crippen LogP) is 4.34. The first kappa shape index (κ1) is 19.5. The largest absolute Gasteiger partial charge is 0.460 e. The van der Waals surface area contributed by atoms with E-state index >= 15 is 0 Å². The van der Waals surface area contributed by atoms with E-state index in [4.69, 9.17) is 4.74 Å². The van der Waals surface area contributed by atoms with Crippen molar-refractivity contribution >= 4 is 24.4 Å². The summed E-state index contributed by atoms with van der Waals surface area (Å²) in [6, 6.07) is 0. The zero-order valence-electron chi connectivity index (χ0n) is 12.9. The summed E-state index contributed by atoms with van der Waals surface area (Å²) >= 11 is 3.74. The second kappa shape index (κ2) is 14.9. The van der Waals surface area contributed by atoms with Gasteiger partial charge in [-0.3, -0.25) is 4.79 Å². The first-order chi connectivity index (χ1) is 9.72. The number of hydrogen-bond donors (Lipinski definition) is 1. The molecule has 0 bridgehead atoms. The van der Waals surface area contributed by atoms with E-state index in [0.717, 1.165) is 12.8 Å². The van der Waals surface area contributed by atoms with Crippen LogP contribution in [0.2, 0.25) is 0 Å². The van der Waals surface area contributed by atoms with Crippen molar-refractivity contribution in [1.82, 2.24) is 0 Å². The number of ether oxygens (including phenoxy) is 1. The SMILES string of the molecule is CCCCCCCCCCCCCOC(=O)C(=O)CS. The van der Waals surface area contributed by atoms with Crippen LogP contribution < -0.4 is 0 Å². The molecule has 3 nitrogen and oxygen atoms in total. The highest BCUT2D eigenvalue weighted by Crippen LogP contribution is 2.11. The van der Waals surface area contributed by atoms with E-state index in [1.54, 1.807) is 0 Å². The Hall–Kier alpha value is -0.510. The van der Waals surface area contributed by atoms with Crippen molar-refractivity contribution in [3.63, 3.8) is 0 Å². The monoisotopic (exact) mass is 302 g/mol. The van der Waals surface area contributed by atoms with Gasteiger partial charge in [-0.1, -0.05) is 71.1 Å². The molecule has 0 rings (SSSR count). The average molecular weight is 302 g/mol. The lowest BCUT2D eigenvalue weighted by Gasteiger charge is -2.04. The first-order valence-electron chi connectivity index (χ1n) is 8.03. The highest BCUT2D eigenvalue weighted by Gasteiger charge is 2.11. The highest BCUT2D eigenvalue weighted by atomic mass is 32.1. The Balaban J connectivity index is 3.13. The average Bonchev–Trinajstić information content (AvgIpc) is 2.47. The Morgan fingerprint density at radius 2 is 1.25 bits per heavy atom. The van der Waals surface area contributed by atoms with Crippen LogP contribution in [0.1, 0.15) is 77.6 Å². The van der Waals surface area contributed by atoms with Gasteiger partial charge in [0.05, 0.1) is 12.4 Å². The molecule has 0 aromatic heterocycles. The second-order valence-electron chi connectivity index (χ2n) is 5.25. The van der Waals surface area contributed by atoms with Crippen LogP contribution in [0.3, 0.4) is 0 Å². The third-order valence-corrected chi connectivity index (χ3v) is 3.64. The number of carbonyl (C=O) groups excluding carboxylic acids is 2. The molecule has 20 heavy (non-hydrogen) atoms. The summed E-state index contributed by atoms with van der Waals surface area (Å²) in [6.07, 6.45) is 13.8. The van der Waals surface area contributed by atoms with Gasteiger partial charge in [0.15, 0.2) is 0 Å². The molecule has 118 valence electrons. The van der Waals surface area contributed by atoms with Crippen molar-refractivity contribution < 1.29 is 14.3 Å². The molecule has 0 heterocycles. The minimum Gasteiger partial charge on any atom is -0.460 e. The van der Waals surface area contributed by atoms with Gasteiger partial charge < -0.3 is 4.74 Å². The standard InChI is InChI=1S/C16H30O3S/c1-2-3-4-5-6-7-8-9-10-11-12-13-19-16(18)15(17)14-20/h20H,2-14H2,1H3. The fourth-order valence-electron chi connectivity index (χ4n) is 2.08. The van der Waals surface area contributed by atoms with Gasteiger partial charge >= 0.3 is 5.97 Å². The number of ketones is 1. The fourth-order valence-corrected chi connectivity index (χ4v) is 2.21. The fraction of sp³-hybridized carbons (Fsp3) is 0.875. The summed E-state index contributed by atoms with van der Waals surface area (Å²) in [4.78, 5) is 21.9. The summed E-state index contributed by atoms with van der Waals surface area (Å²) in [5.74, 6) is -1.37. The zero-order valence-corrected chi connectivity index (χ0v) is 13.8. The van der Waals surface area contributed by atoms with Gasteiger partial charge in [0.2, 0.25) is 5.78 Å². The van der Waals surface area contributed by atoms with E-state index < -0.39 is 11.8 Å². The lowest BCUT2D eigenvalue weighted by atomic mass is 10.1. The number of esters is 1. The van der Waals surface area contributed by atoms with Crippen LogP contribution in [0.5, 0.6) is 0 Å². The van der Waals surface area contributed by atoms with Crippen molar-refractivity contribution in [1.29, 1.82) is 0 Å². The maximum Gasteiger partial charge on any atom is 0.375 e. The normalized spacial score (nSPS) is 10.5. The van der Waals surface area contributed by atoms with Crippen LogP contribution >= 0.6 is 12.6 Å². The third-order valence-electron chi connectivity index (χ3n) is 3.35. The van der Waals surface area contributed by atoms with Gasteiger partial charge in [0.25, 0.3) is 0 Å². The maximum absolute atomic E-state index is 11.0. The van der Waals surface area contributed by atoms with Crippen LogP contribution in [0, 0.1) is 0 Å².